The number of ether oxygens (including phenoxy) is 1. The molecule has 1 aromatic carbocycles. The van der Waals surface area contributed by atoms with Gasteiger partial charge in [-0.15, -0.1) is 0 Å². The van der Waals surface area contributed by atoms with E-state index in [0.29, 0.717) is 22.8 Å². The highest BCUT2D eigenvalue weighted by Gasteiger charge is 2.43. The summed E-state index contributed by atoms with van der Waals surface area (Å²) < 4.78 is 5.14. The first-order valence-corrected chi connectivity index (χ1v) is 8.49. The summed E-state index contributed by atoms with van der Waals surface area (Å²) in [5.41, 5.74) is 6.86. The van der Waals surface area contributed by atoms with Crippen LogP contribution in [-0.4, -0.2) is 19.1 Å². The average molecular weight is 322 g/mol. The molecular formula is C17H24ClN3O. The number of methoxy groups -OCH3 is 1. The van der Waals surface area contributed by atoms with Gasteiger partial charge in [0.05, 0.1) is 18.2 Å². The van der Waals surface area contributed by atoms with Crippen molar-refractivity contribution in [3.63, 3.8) is 0 Å². The summed E-state index contributed by atoms with van der Waals surface area (Å²) in [6.07, 6.45) is 8.11. The molecule has 0 aliphatic heterocycles. The highest BCUT2D eigenvalue weighted by Crippen LogP contribution is 2.46. The minimum Gasteiger partial charge on any atom is -0.495 e. The molecule has 2 aliphatic rings. The fourth-order valence-corrected chi connectivity index (χ4v) is 3.78. The number of guanidine groups is 1. The Hall–Kier alpha value is -1.42. The van der Waals surface area contributed by atoms with Gasteiger partial charge < -0.3 is 15.8 Å². The molecule has 0 amide bonds. The number of aliphatic imine (C=N–C) groups is 1. The zero-order valence-electron chi connectivity index (χ0n) is 13.0. The summed E-state index contributed by atoms with van der Waals surface area (Å²) in [5.74, 6) is 2.75. The zero-order chi connectivity index (χ0) is 15.5. The van der Waals surface area contributed by atoms with Crippen molar-refractivity contribution in [3.8, 4) is 5.75 Å². The Morgan fingerprint density at radius 1 is 1.32 bits per heavy atom. The Bertz CT molecular complexity index is 555. The molecule has 0 bridgehead atoms. The third-order valence-corrected chi connectivity index (χ3v) is 5.08. The smallest absolute Gasteiger partial charge is 0.193 e. The molecule has 1 aromatic rings. The van der Waals surface area contributed by atoms with E-state index in [-0.39, 0.29) is 0 Å². The average Bonchev–Trinajstić information content (AvgIpc) is 3.27. The number of rotatable bonds is 4. The minimum atomic E-state index is 0.407. The molecule has 2 unspecified atom stereocenters. The van der Waals surface area contributed by atoms with Crippen molar-refractivity contribution in [2.24, 2.45) is 22.6 Å². The molecule has 0 spiro atoms. The van der Waals surface area contributed by atoms with E-state index >= 15 is 0 Å². The molecule has 3 rings (SSSR count). The molecule has 0 saturated heterocycles. The van der Waals surface area contributed by atoms with Crippen molar-refractivity contribution in [2.45, 2.75) is 44.6 Å². The summed E-state index contributed by atoms with van der Waals surface area (Å²) >= 11 is 6.11. The number of hydrogen-bond donors (Lipinski definition) is 2. The highest BCUT2D eigenvalue weighted by molar-refractivity contribution is 6.32. The molecule has 3 N–H and O–H groups in total. The lowest BCUT2D eigenvalue weighted by molar-refractivity contribution is 0.318. The van der Waals surface area contributed by atoms with Crippen molar-refractivity contribution >= 4 is 23.2 Å². The fourth-order valence-electron chi connectivity index (χ4n) is 3.52. The maximum atomic E-state index is 6.11. The van der Waals surface area contributed by atoms with Crippen LogP contribution in [0.3, 0.4) is 0 Å². The number of nitrogens with one attached hydrogen (secondary N) is 1. The maximum absolute atomic E-state index is 6.11. The van der Waals surface area contributed by atoms with Crippen LogP contribution in [-0.2, 0) is 0 Å². The van der Waals surface area contributed by atoms with E-state index < -0.39 is 0 Å². The van der Waals surface area contributed by atoms with Crippen molar-refractivity contribution in [3.05, 3.63) is 23.2 Å². The summed E-state index contributed by atoms with van der Waals surface area (Å²) in [6.45, 7) is 0. The van der Waals surface area contributed by atoms with Crippen molar-refractivity contribution in [1.82, 2.24) is 0 Å². The van der Waals surface area contributed by atoms with Gasteiger partial charge in [-0.3, -0.25) is 0 Å². The number of nitrogens with two attached hydrogens (primary N) is 1. The van der Waals surface area contributed by atoms with Gasteiger partial charge in [-0.05, 0) is 36.5 Å². The normalized spacial score (nSPS) is 25.8. The first-order chi connectivity index (χ1) is 10.7. The van der Waals surface area contributed by atoms with Gasteiger partial charge in [0.25, 0.3) is 0 Å². The second-order valence-corrected chi connectivity index (χ2v) is 6.76. The van der Waals surface area contributed by atoms with Crippen LogP contribution in [0.25, 0.3) is 0 Å². The zero-order valence-corrected chi connectivity index (χ0v) is 13.8. The predicted octanol–water partition coefficient (Wildman–Crippen LogP) is 4.04. The molecule has 5 heteroatoms. The van der Waals surface area contributed by atoms with Gasteiger partial charge in [0.15, 0.2) is 5.96 Å². The molecule has 4 nitrogen and oxygen atoms in total. The molecule has 0 radical (unpaired) electrons. The summed E-state index contributed by atoms with van der Waals surface area (Å²) in [6, 6.07) is 5.91. The topological polar surface area (TPSA) is 59.6 Å². The second kappa shape index (κ2) is 6.78. The molecular weight excluding hydrogens is 298 g/mol. The van der Waals surface area contributed by atoms with Crippen LogP contribution in [0.15, 0.2) is 23.2 Å². The van der Waals surface area contributed by atoms with E-state index in [1.54, 1.807) is 13.2 Å². The van der Waals surface area contributed by atoms with Gasteiger partial charge in [0.2, 0.25) is 0 Å². The van der Waals surface area contributed by atoms with Crippen molar-refractivity contribution < 1.29 is 4.74 Å². The molecule has 2 atom stereocenters. The quantitative estimate of drug-likeness (QED) is 0.650. The van der Waals surface area contributed by atoms with Crippen LogP contribution in [0.5, 0.6) is 5.75 Å². The number of hydrogen-bond acceptors (Lipinski definition) is 2. The Labute approximate surface area is 137 Å². The van der Waals surface area contributed by atoms with Crippen LogP contribution >= 0.6 is 11.6 Å². The first kappa shape index (κ1) is 15.5. The number of benzene rings is 1. The molecule has 2 fully saturated rings. The molecule has 2 saturated carbocycles. The van der Waals surface area contributed by atoms with E-state index in [4.69, 9.17) is 22.1 Å². The van der Waals surface area contributed by atoms with Crippen molar-refractivity contribution in [2.75, 3.05) is 12.4 Å². The Balaban J connectivity index is 1.56. The van der Waals surface area contributed by atoms with Crippen LogP contribution in [0.2, 0.25) is 5.02 Å². The summed E-state index contributed by atoms with van der Waals surface area (Å²) in [5, 5.41) is 3.68. The largest absolute Gasteiger partial charge is 0.495 e. The van der Waals surface area contributed by atoms with Crippen LogP contribution in [0, 0.1) is 11.8 Å². The number of anilines is 1. The standard InChI is InChI=1S/C17H24ClN3O/c1-22-16-8-7-12(9-14(16)18)20-17(19)21-15-10-13(15)11-5-3-2-4-6-11/h7-9,11,13,15H,2-6,10H2,1H3,(H3,19,20,21). The predicted molar refractivity (Wildman–Crippen MR) is 91.7 cm³/mol. The lowest BCUT2D eigenvalue weighted by Crippen LogP contribution is -2.23. The van der Waals surface area contributed by atoms with E-state index in [0.717, 1.165) is 17.5 Å². The number of halogens is 1. The van der Waals surface area contributed by atoms with Gasteiger partial charge >= 0.3 is 0 Å². The Kier molecular flexibility index (Phi) is 4.77. The Morgan fingerprint density at radius 3 is 2.77 bits per heavy atom. The lowest BCUT2D eigenvalue weighted by atomic mass is 9.85. The molecule has 120 valence electrons. The van der Waals surface area contributed by atoms with E-state index in [1.807, 2.05) is 12.1 Å². The van der Waals surface area contributed by atoms with Crippen LogP contribution < -0.4 is 15.8 Å². The molecule has 0 heterocycles. The second-order valence-electron chi connectivity index (χ2n) is 6.35. The maximum Gasteiger partial charge on any atom is 0.193 e. The monoisotopic (exact) mass is 321 g/mol. The summed E-state index contributed by atoms with van der Waals surface area (Å²) in [4.78, 5) is 4.62. The van der Waals surface area contributed by atoms with E-state index in [2.05, 4.69) is 10.3 Å². The molecule has 0 aromatic heterocycles. The first-order valence-electron chi connectivity index (χ1n) is 8.11. The van der Waals surface area contributed by atoms with Crippen LogP contribution in [0.1, 0.15) is 38.5 Å². The van der Waals surface area contributed by atoms with Gasteiger partial charge in [-0.2, -0.15) is 0 Å². The van der Waals surface area contributed by atoms with Crippen LogP contribution in [0.4, 0.5) is 5.69 Å². The highest BCUT2D eigenvalue weighted by atomic mass is 35.5. The Morgan fingerprint density at radius 2 is 2.09 bits per heavy atom. The third-order valence-electron chi connectivity index (χ3n) is 4.79. The number of nitrogens with zero attached hydrogens (tertiary/aromatic N) is 1. The molecule has 2 aliphatic carbocycles. The van der Waals surface area contributed by atoms with E-state index in [9.17, 15) is 0 Å². The SMILES string of the molecule is COc1ccc(NC(N)=NC2CC2C2CCCCC2)cc1Cl. The summed E-state index contributed by atoms with van der Waals surface area (Å²) in [7, 11) is 1.60. The third kappa shape index (κ3) is 3.67. The van der Waals surface area contributed by atoms with Gasteiger partial charge in [0.1, 0.15) is 5.75 Å². The van der Waals surface area contributed by atoms with Gasteiger partial charge in [-0.1, -0.05) is 43.7 Å². The lowest BCUT2D eigenvalue weighted by Gasteiger charge is -2.21. The van der Waals surface area contributed by atoms with Gasteiger partial charge in [0, 0.05) is 5.69 Å². The van der Waals surface area contributed by atoms with Gasteiger partial charge in [-0.25, -0.2) is 4.99 Å². The minimum absolute atomic E-state index is 0.407. The molecule has 22 heavy (non-hydrogen) atoms. The van der Waals surface area contributed by atoms with E-state index in [1.165, 1.54) is 38.5 Å². The fraction of sp³-hybridized carbons (Fsp3) is 0.588. The van der Waals surface area contributed by atoms with Crippen molar-refractivity contribution in [1.29, 1.82) is 0 Å².